The average molecular weight is 501 g/mol. The number of halogens is 6. The molecule has 190 valence electrons. The minimum atomic E-state index is -5.15. The molecule has 0 bridgehead atoms. The zero-order chi connectivity index (χ0) is 26.3. The lowest BCUT2D eigenvalue weighted by molar-refractivity contribution is -0.160. The number of hydrogen-bond donors (Lipinski definition) is 2. The summed E-state index contributed by atoms with van der Waals surface area (Å²) in [5.74, 6) is -7.04. The molecule has 0 saturated carbocycles. The first-order valence-corrected chi connectivity index (χ1v) is 9.72. The summed E-state index contributed by atoms with van der Waals surface area (Å²) in [5.41, 5.74) is -4.03. The highest BCUT2D eigenvalue weighted by Crippen LogP contribution is 2.36. The fourth-order valence-electron chi connectivity index (χ4n) is 2.85. The summed E-state index contributed by atoms with van der Waals surface area (Å²) in [6.07, 6.45) is -12.2. The molecular weight excluding hydrogens is 480 g/mol. The van der Waals surface area contributed by atoms with E-state index >= 15 is 0 Å². The number of alkyl halides is 6. The van der Waals surface area contributed by atoms with E-state index in [1.807, 2.05) is 5.32 Å². The zero-order valence-corrected chi connectivity index (χ0v) is 17.9. The van der Waals surface area contributed by atoms with Crippen molar-refractivity contribution in [2.24, 2.45) is 5.92 Å². The van der Waals surface area contributed by atoms with E-state index in [2.05, 4.69) is 4.74 Å². The highest BCUT2D eigenvalue weighted by atomic mass is 19.4. The average Bonchev–Trinajstić information content (AvgIpc) is 2.69. The van der Waals surface area contributed by atoms with Crippen molar-refractivity contribution in [1.29, 1.82) is 0 Å². The monoisotopic (exact) mass is 501 g/mol. The number of carboxylic acid groups (broad SMARTS) is 1. The third-order valence-corrected chi connectivity index (χ3v) is 4.28. The molecule has 0 spiro atoms. The van der Waals surface area contributed by atoms with Gasteiger partial charge in [0.15, 0.2) is 0 Å². The maximum Gasteiger partial charge on any atom is 0.416 e. The number of esters is 2. The molecule has 2 N–H and O–H groups in total. The van der Waals surface area contributed by atoms with Gasteiger partial charge in [-0.25, -0.2) is 4.79 Å². The van der Waals surface area contributed by atoms with E-state index in [1.165, 1.54) is 13.8 Å². The number of hydrogen-bond acceptors (Lipinski definition) is 6. The minimum absolute atomic E-state index is 0.102. The Bertz CT molecular complexity index is 881. The Labute approximate surface area is 189 Å². The topological polar surface area (TPSA) is 119 Å². The molecular formula is C20H21F6NO7. The molecule has 0 aliphatic heterocycles. The van der Waals surface area contributed by atoms with Gasteiger partial charge < -0.3 is 19.9 Å². The number of carbonyl (C=O) groups is 4. The quantitative estimate of drug-likeness (QED) is 0.374. The van der Waals surface area contributed by atoms with E-state index in [0.29, 0.717) is 12.1 Å². The fourth-order valence-corrected chi connectivity index (χ4v) is 2.85. The van der Waals surface area contributed by atoms with Crippen LogP contribution in [0.25, 0.3) is 0 Å². The maximum atomic E-state index is 13.0. The number of ether oxygens (including phenoxy) is 2. The SMILES string of the molecule is CCOC(=O)C[C@H](C(=O)OCC)[C@H](NC(=O)Cc1cc(C(F)(F)F)cc(C(F)(F)F)c1)C(=O)O. The molecule has 1 rings (SSSR count). The van der Waals surface area contributed by atoms with E-state index < -0.39 is 77.7 Å². The molecule has 0 fully saturated rings. The molecule has 0 aliphatic rings. The first-order valence-electron chi connectivity index (χ1n) is 9.72. The van der Waals surface area contributed by atoms with E-state index in [9.17, 15) is 50.6 Å². The summed E-state index contributed by atoms with van der Waals surface area (Å²) in [6, 6.07) is -1.58. The molecule has 0 aliphatic carbocycles. The van der Waals surface area contributed by atoms with E-state index in [0.717, 1.165) is 0 Å². The zero-order valence-electron chi connectivity index (χ0n) is 17.9. The van der Waals surface area contributed by atoms with Gasteiger partial charge in [-0.1, -0.05) is 0 Å². The van der Waals surface area contributed by atoms with Crippen molar-refractivity contribution in [3.63, 3.8) is 0 Å². The first-order chi connectivity index (χ1) is 15.6. The number of carbonyl (C=O) groups excluding carboxylic acids is 3. The lowest BCUT2D eigenvalue weighted by atomic mass is 9.95. The van der Waals surface area contributed by atoms with E-state index in [1.54, 1.807) is 0 Å². The number of rotatable bonds is 10. The summed E-state index contributed by atoms with van der Waals surface area (Å²) in [7, 11) is 0. The number of nitrogens with one attached hydrogen (secondary N) is 1. The molecule has 0 unspecified atom stereocenters. The molecule has 0 heterocycles. The van der Waals surface area contributed by atoms with Crippen LogP contribution in [0.3, 0.4) is 0 Å². The van der Waals surface area contributed by atoms with Gasteiger partial charge in [-0.15, -0.1) is 0 Å². The number of benzene rings is 1. The van der Waals surface area contributed by atoms with Gasteiger partial charge in [-0.2, -0.15) is 26.3 Å². The number of aliphatic carboxylic acids is 1. The Morgan fingerprint density at radius 2 is 1.41 bits per heavy atom. The molecule has 1 aromatic carbocycles. The molecule has 14 heteroatoms. The molecule has 34 heavy (non-hydrogen) atoms. The summed E-state index contributed by atoms with van der Waals surface area (Å²) in [6.45, 7) is 2.52. The second-order valence-corrected chi connectivity index (χ2v) is 6.84. The van der Waals surface area contributed by atoms with Crippen molar-refractivity contribution in [2.75, 3.05) is 13.2 Å². The lowest BCUT2D eigenvalue weighted by Crippen LogP contribution is -2.50. The molecule has 8 nitrogen and oxygen atoms in total. The number of amides is 1. The Balaban J connectivity index is 3.23. The van der Waals surface area contributed by atoms with Crippen LogP contribution in [0.2, 0.25) is 0 Å². The van der Waals surface area contributed by atoms with Crippen molar-refractivity contribution >= 4 is 23.8 Å². The molecule has 0 aromatic heterocycles. The first kappa shape index (κ1) is 28.7. The van der Waals surface area contributed by atoms with E-state index in [-0.39, 0.29) is 19.3 Å². The fraction of sp³-hybridized carbons (Fsp3) is 0.500. The van der Waals surface area contributed by atoms with Crippen LogP contribution >= 0.6 is 0 Å². The van der Waals surface area contributed by atoms with Crippen LogP contribution in [0.4, 0.5) is 26.3 Å². The summed E-state index contributed by atoms with van der Waals surface area (Å²) in [4.78, 5) is 48.0. The Morgan fingerprint density at radius 3 is 1.82 bits per heavy atom. The highest BCUT2D eigenvalue weighted by molar-refractivity contribution is 5.91. The van der Waals surface area contributed by atoms with Crippen LogP contribution in [0.5, 0.6) is 0 Å². The minimum Gasteiger partial charge on any atom is -0.480 e. The molecule has 0 saturated heterocycles. The van der Waals surface area contributed by atoms with Crippen LogP contribution in [-0.2, 0) is 47.4 Å². The van der Waals surface area contributed by atoms with Gasteiger partial charge in [0.2, 0.25) is 5.91 Å². The largest absolute Gasteiger partial charge is 0.480 e. The van der Waals surface area contributed by atoms with Gasteiger partial charge in [0, 0.05) is 0 Å². The number of carboxylic acids is 1. The predicted molar refractivity (Wildman–Crippen MR) is 101 cm³/mol. The van der Waals surface area contributed by atoms with Gasteiger partial charge in [-0.3, -0.25) is 14.4 Å². The smallest absolute Gasteiger partial charge is 0.416 e. The van der Waals surface area contributed by atoms with Crippen LogP contribution in [0.15, 0.2) is 18.2 Å². The van der Waals surface area contributed by atoms with Crippen LogP contribution < -0.4 is 5.32 Å². The van der Waals surface area contributed by atoms with Gasteiger partial charge in [0.25, 0.3) is 0 Å². The van der Waals surface area contributed by atoms with Gasteiger partial charge in [-0.05, 0) is 37.6 Å². The van der Waals surface area contributed by atoms with Gasteiger partial charge in [0.05, 0.1) is 43.1 Å². The Hall–Kier alpha value is -3.32. The van der Waals surface area contributed by atoms with Gasteiger partial charge >= 0.3 is 30.3 Å². The van der Waals surface area contributed by atoms with Crippen LogP contribution in [0.1, 0.15) is 37.0 Å². The van der Waals surface area contributed by atoms with Crippen molar-refractivity contribution < 1.29 is 60.1 Å². The summed E-state index contributed by atoms with van der Waals surface area (Å²) in [5, 5.41) is 11.3. The second-order valence-electron chi connectivity index (χ2n) is 6.84. The van der Waals surface area contributed by atoms with E-state index in [4.69, 9.17) is 4.74 Å². The third kappa shape index (κ3) is 8.56. The van der Waals surface area contributed by atoms with Crippen molar-refractivity contribution in [1.82, 2.24) is 5.32 Å². The molecule has 0 radical (unpaired) electrons. The van der Waals surface area contributed by atoms with Crippen LogP contribution in [0, 0.1) is 5.92 Å². The third-order valence-electron chi connectivity index (χ3n) is 4.28. The van der Waals surface area contributed by atoms with Crippen molar-refractivity contribution in [3.8, 4) is 0 Å². The molecule has 2 atom stereocenters. The van der Waals surface area contributed by atoms with Crippen molar-refractivity contribution in [2.45, 2.75) is 45.1 Å². The highest BCUT2D eigenvalue weighted by Gasteiger charge is 2.39. The van der Waals surface area contributed by atoms with Crippen LogP contribution in [-0.4, -0.2) is 48.2 Å². The van der Waals surface area contributed by atoms with Crippen molar-refractivity contribution in [3.05, 3.63) is 34.9 Å². The molecule has 1 aromatic rings. The normalized spacial score (nSPS) is 13.5. The lowest BCUT2D eigenvalue weighted by Gasteiger charge is -2.23. The summed E-state index contributed by atoms with van der Waals surface area (Å²) >= 11 is 0. The summed E-state index contributed by atoms with van der Waals surface area (Å²) < 4.78 is 87.4. The maximum absolute atomic E-state index is 13.0. The Morgan fingerprint density at radius 1 is 0.912 bits per heavy atom. The predicted octanol–water partition coefficient (Wildman–Crippen LogP) is 2.97. The second kappa shape index (κ2) is 11.7. The van der Waals surface area contributed by atoms with Gasteiger partial charge in [0.1, 0.15) is 6.04 Å². The molecule has 1 amide bonds. The standard InChI is InChI=1S/C20H21F6NO7/c1-3-33-15(29)9-13(18(32)34-4-2)16(17(30)31)27-14(28)7-10-5-11(19(21,22)23)8-12(6-10)20(24,25)26/h5-6,8,13,16H,3-4,7,9H2,1-2H3,(H,27,28)(H,30,31)/t13-,16-/m0/s1. The Kier molecular flexibility index (Phi) is 9.88.